The van der Waals surface area contributed by atoms with Gasteiger partial charge in [0.25, 0.3) is 0 Å². The van der Waals surface area contributed by atoms with Crippen molar-refractivity contribution in [3.05, 3.63) is 42.1 Å². The molecule has 19 heavy (non-hydrogen) atoms. The molecule has 1 heterocycles. The van der Waals surface area contributed by atoms with Crippen molar-refractivity contribution in [3.63, 3.8) is 0 Å². The molecule has 6 heteroatoms. The minimum absolute atomic E-state index is 0. The standard InChI is InChI=1S/C13H13F3N2.ClH/c14-13(15,16)8-7-10(17)12-6-5-9-3-1-2-4-11(9)18-12;/h1-6,10H,7-8,17H2;1H/t10-;/m0./s1. The van der Waals surface area contributed by atoms with E-state index in [1.165, 1.54) is 0 Å². The van der Waals surface area contributed by atoms with Gasteiger partial charge >= 0.3 is 6.18 Å². The molecule has 0 aliphatic carbocycles. The molecule has 0 amide bonds. The van der Waals surface area contributed by atoms with Crippen LogP contribution in [0, 0.1) is 0 Å². The van der Waals surface area contributed by atoms with Crippen molar-refractivity contribution in [2.75, 3.05) is 0 Å². The lowest BCUT2D eigenvalue weighted by Crippen LogP contribution is -2.16. The molecule has 0 fully saturated rings. The third-order valence-corrected chi connectivity index (χ3v) is 2.74. The van der Waals surface area contributed by atoms with Crippen LogP contribution in [0.1, 0.15) is 24.6 Å². The molecule has 0 unspecified atom stereocenters. The van der Waals surface area contributed by atoms with Crippen LogP contribution in [0.3, 0.4) is 0 Å². The molecule has 1 aromatic heterocycles. The highest BCUT2D eigenvalue weighted by Crippen LogP contribution is 2.26. The summed E-state index contributed by atoms with van der Waals surface area (Å²) in [5.74, 6) is 0. The molecule has 2 N–H and O–H groups in total. The summed E-state index contributed by atoms with van der Waals surface area (Å²) in [6, 6.07) is 10.3. The summed E-state index contributed by atoms with van der Waals surface area (Å²) in [6.45, 7) is 0. The van der Waals surface area contributed by atoms with Crippen LogP contribution in [-0.2, 0) is 0 Å². The number of halogens is 4. The molecule has 0 bridgehead atoms. The highest BCUT2D eigenvalue weighted by atomic mass is 35.5. The van der Waals surface area contributed by atoms with Gasteiger partial charge in [-0.25, -0.2) is 0 Å². The molecule has 2 rings (SSSR count). The van der Waals surface area contributed by atoms with Gasteiger partial charge in [-0.2, -0.15) is 13.2 Å². The van der Waals surface area contributed by atoms with Gasteiger partial charge < -0.3 is 5.73 Å². The number of rotatable bonds is 3. The quantitative estimate of drug-likeness (QED) is 0.928. The second-order valence-corrected chi connectivity index (χ2v) is 4.19. The lowest BCUT2D eigenvalue weighted by molar-refractivity contribution is -0.136. The van der Waals surface area contributed by atoms with Crippen molar-refractivity contribution in [3.8, 4) is 0 Å². The first-order chi connectivity index (χ1) is 8.46. The fourth-order valence-corrected chi connectivity index (χ4v) is 1.76. The summed E-state index contributed by atoms with van der Waals surface area (Å²) >= 11 is 0. The number of nitrogens with zero attached hydrogens (tertiary/aromatic N) is 1. The van der Waals surface area contributed by atoms with Crippen LogP contribution in [0.5, 0.6) is 0 Å². The summed E-state index contributed by atoms with van der Waals surface area (Å²) in [7, 11) is 0. The highest BCUT2D eigenvalue weighted by molar-refractivity contribution is 5.85. The molecule has 0 radical (unpaired) electrons. The molecule has 0 saturated heterocycles. The van der Waals surface area contributed by atoms with E-state index in [9.17, 15) is 13.2 Å². The zero-order chi connectivity index (χ0) is 13.2. The second-order valence-electron chi connectivity index (χ2n) is 4.19. The van der Waals surface area contributed by atoms with Gasteiger partial charge in [0, 0.05) is 17.8 Å². The number of alkyl halides is 3. The molecule has 2 aromatic rings. The van der Waals surface area contributed by atoms with Gasteiger partial charge in [0.1, 0.15) is 0 Å². The number of para-hydroxylation sites is 1. The lowest BCUT2D eigenvalue weighted by Gasteiger charge is -2.13. The Hall–Kier alpha value is -1.33. The van der Waals surface area contributed by atoms with Crippen molar-refractivity contribution >= 4 is 23.3 Å². The average molecular weight is 291 g/mol. The van der Waals surface area contributed by atoms with Gasteiger partial charge in [-0.05, 0) is 18.6 Å². The SMILES string of the molecule is Cl.N[C@@H](CCC(F)(F)F)c1ccc2ccccc2n1. The van der Waals surface area contributed by atoms with Crippen molar-refractivity contribution < 1.29 is 13.2 Å². The minimum atomic E-state index is -4.17. The van der Waals surface area contributed by atoms with Gasteiger partial charge in [0.2, 0.25) is 0 Å². The molecule has 104 valence electrons. The van der Waals surface area contributed by atoms with E-state index in [4.69, 9.17) is 5.73 Å². The fourth-order valence-electron chi connectivity index (χ4n) is 1.76. The van der Waals surface area contributed by atoms with Crippen LogP contribution in [-0.4, -0.2) is 11.2 Å². The number of fused-ring (bicyclic) bond motifs is 1. The maximum Gasteiger partial charge on any atom is 0.389 e. The Balaban J connectivity index is 0.00000180. The van der Waals surface area contributed by atoms with E-state index in [1.54, 1.807) is 6.07 Å². The summed E-state index contributed by atoms with van der Waals surface area (Å²) in [5.41, 5.74) is 6.98. The van der Waals surface area contributed by atoms with Crippen molar-refractivity contribution in [1.29, 1.82) is 0 Å². The van der Waals surface area contributed by atoms with Gasteiger partial charge in [-0.3, -0.25) is 4.98 Å². The molecule has 0 spiro atoms. The molecular formula is C13H14ClF3N2. The monoisotopic (exact) mass is 290 g/mol. The van der Waals surface area contributed by atoms with Crippen LogP contribution < -0.4 is 5.73 Å². The summed E-state index contributed by atoms with van der Waals surface area (Å²) in [5, 5.41) is 0.948. The molecular weight excluding hydrogens is 277 g/mol. The largest absolute Gasteiger partial charge is 0.389 e. The molecule has 0 saturated carbocycles. The predicted octanol–water partition coefficient (Wildman–Crippen LogP) is 4.00. The Morgan fingerprint density at radius 3 is 2.47 bits per heavy atom. The second kappa shape index (κ2) is 6.21. The highest BCUT2D eigenvalue weighted by Gasteiger charge is 2.28. The van der Waals surface area contributed by atoms with Crippen LogP contribution in [0.4, 0.5) is 13.2 Å². The minimum Gasteiger partial charge on any atom is -0.323 e. The van der Waals surface area contributed by atoms with Crippen LogP contribution in [0.25, 0.3) is 10.9 Å². The van der Waals surface area contributed by atoms with Crippen molar-refractivity contribution in [1.82, 2.24) is 4.98 Å². The fraction of sp³-hybridized carbons (Fsp3) is 0.308. The maximum atomic E-state index is 12.1. The van der Waals surface area contributed by atoms with Gasteiger partial charge in [-0.15, -0.1) is 12.4 Å². The molecule has 0 aliphatic rings. The summed E-state index contributed by atoms with van der Waals surface area (Å²) in [6.07, 6.45) is -5.20. The van der Waals surface area contributed by atoms with E-state index in [-0.39, 0.29) is 18.8 Å². The van der Waals surface area contributed by atoms with E-state index in [0.717, 1.165) is 10.9 Å². The van der Waals surface area contributed by atoms with Crippen LogP contribution >= 0.6 is 12.4 Å². The smallest absolute Gasteiger partial charge is 0.323 e. The first kappa shape index (κ1) is 15.7. The van der Waals surface area contributed by atoms with Crippen LogP contribution in [0.2, 0.25) is 0 Å². The summed E-state index contributed by atoms with van der Waals surface area (Å²) < 4.78 is 36.3. The number of hydrogen-bond acceptors (Lipinski definition) is 2. The Kier molecular flexibility index (Phi) is 5.14. The van der Waals surface area contributed by atoms with Gasteiger partial charge in [0.15, 0.2) is 0 Å². The van der Waals surface area contributed by atoms with E-state index in [2.05, 4.69) is 4.98 Å². The van der Waals surface area contributed by atoms with E-state index in [1.807, 2.05) is 30.3 Å². The average Bonchev–Trinajstić information content (AvgIpc) is 2.34. The predicted molar refractivity (Wildman–Crippen MR) is 71.2 cm³/mol. The Morgan fingerprint density at radius 1 is 1.11 bits per heavy atom. The first-order valence-electron chi connectivity index (χ1n) is 5.64. The third-order valence-electron chi connectivity index (χ3n) is 2.74. The van der Waals surface area contributed by atoms with E-state index < -0.39 is 18.6 Å². The van der Waals surface area contributed by atoms with E-state index >= 15 is 0 Å². The maximum absolute atomic E-state index is 12.1. The number of benzene rings is 1. The lowest BCUT2D eigenvalue weighted by atomic mass is 10.1. The Bertz CT molecular complexity index is 543. The Labute approximate surface area is 115 Å². The zero-order valence-electron chi connectivity index (χ0n) is 10.0. The van der Waals surface area contributed by atoms with Crippen molar-refractivity contribution in [2.24, 2.45) is 5.73 Å². The molecule has 1 atom stereocenters. The zero-order valence-corrected chi connectivity index (χ0v) is 10.8. The molecule has 1 aromatic carbocycles. The topological polar surface area (TPSA) is 38.9 Å². The van der Waals surface area contributed by atoms with Gasteiger partial charge in [-0.1, -0.05) is 24.3 Å². The molecule has 0 aliphatic heterocycles. The first-order valence-corrected chi connectivity index (χ1v) is 5.64. The number of pyridine rings is 1. The van der Waals surface area contributed by atoms with E-state index in [0.29, 0.717) is 5.69 Å². The molecule has 2 nitrogen and oxygen atoms in total. The van der Waals surface area contributed by atoms with Gasteiger partial charge in [0.05, 0.1) is 11.2 Å². The Morgan fingerprint density at radius 2 is 1.79 bits per heavy atom. The van der Waals surface area contributed by atoms with Crippen molar-refractivity contribution in [2.45, 2.75) is 25.1 Å². The number of nitrogens with two attached hydrogens (primary N) is 1. The summed E-state index contributed by atoms with van der Waals surface area (Å²) in [4.78, 5) is 4.28. The third kappa shape index (κ3) is 4.36. The van der Waals surface area contributed by atoms with Crippen LogP contribution in [0.15, 0.2) is 36.4 Å². The number of hydrogen-bond donors (Lipinski definition) is 1. The normalized spacial score (nSPS) is 13.1. The number of aromatic nitrogens is 1.